The van der Waals surface area contributed by atoms with Gasteiger partial charge in [-0.15, -0.1) is 0 Å². The van der Waals surface area contributed by atoms with Gasteiger partial charge in [0.1, 0.15) is 42.7 Å². The van der Waals surface area contributed by atoms with Crippen LogP contribution in [0.25, 0.3) is 0 Å². The van der Waals surface area contributed by atoms with E-state index in [-0.39, 0.29) is 37.2 Å². The average molecular weight is 482 g/mol. The van der Waals surface area contributed by atoms with Crippen LogP contribution >= 0.6 is 0 Å². The summed E-state index contributed by atoms with van der Waals surface area (Å²) < 4.78 is 21.8. The zero-order valence-electron chi connectivity index (χ0n) is 20.0. The summed E-state index contributed by atoms with van der Waals surface area (Å²) in [6, 6.07) is 13.8. The Labute approximate surface area is 205 Å². The smallest absolute Gasteiger partial charge is 0.435 e. The third-order valence-electron chi connectivity index (χ3n) is 5.37. The topological polar surface area (TPSA) is 113 Å². The molecule has 1 amide bonds. The van der Waals surface area contributed by atoms with E-state index in [0.717, 1.165) is 11.3 Å². The van der Waals surface area contributed by atoms with Gasteiger partial charge in [-0.05, 0) is 43.8 Å². The van der Waals surface area contributed by atoms with E-state index in [1.54, 1.807) is 24.3 Å². The Morgan fingerprint density at radius 2 is 1.94 bits per heavy atom. The molecule has 9 heteroatoms. The number of hydrogen-bond acceptors (Lipinski definition) is 7. The van der Waals surface area contributed by atoms with Crippen LogP contribution in [0.2, 0.25) is 0 Å². The van der Waals surface area contributed by atoms with Crippen LogP contribution in [0.15, 0.2) is 66.2 Å². The molecule has 3 rings (SSSR count). The lowest BCUT2D eigenvalue weighted by Crippen LogP contribution is -2.34. The third-order valence-corrected chi connectivity index (χ3v) is 5.37. The first kappa shape index (κ1) is 25.8. The maximum Gasteiger partial charge on any atom is 0.435 e. The fraction of sp³-hybridized carbons (Fsp3) is 0.346. The summed E-state index contributed by atoms with van der Waals surface area (Å²) in [5, 5.41) is 0. The zero-order valence-corrected chi connectivity index (χ0v) is 20.0. The molecule has 1 aliphatic rings. The summed E-state index contributed by atoms with van der Waals surface area (Å²) in [6.07, 6.45) is 1.04. The summed E-state index contributed by atoms with van der Waals surface area (Å²) in [5.74, 6) is 1.02. The molecule has 35 heavy (non-hydrogen) atoms. The van der Waals surface area contributed by atoms with Crippen LogP contribution in [-0.4, -0.2) is 61.8 Å². The highest BCUT2D eigenvalue weighted by molar-refractivity contribution is 6.02. The number of carbonyl (C=O) groups is 2. The van der Waals surface area contributed by atoms with Gasteiger partial charge in [-0.2, -0.15) is 4.99 Å². The van der Waals surface area contributed by atoms with E-state index in [1.165, 1.54) is 6.08 Å². The van der Waals surface area contributed by atoms with E-state index in [0.29, 0.717) is 30.9 Å². The van der Waals surface area contributed by atoms with E-state index < -0.39 is 6.09 Å². The lowest BCUT2D eigenvalue weighted by atomic mass is 10.2. The minimum absolute atomic E-state index is 0.0153. The van der Waals surface area contributed by atoms with Crippen molar-refractivity contribution in [3.05, 3.63) is 72.3 Å². The molecule has 2 atom stereocenters. The molecular formula is C26H31N3O6. The Balaban J connectivity index is 1.55. The van der Waals surface area contributed by atoms with Crippen LogP contribution in [-0.2, 0) is 20.9 Å². The molecule has 9 nitrogen and oxygen atoms in total. The molecule has 1 aliphatic heterocycles. The lowest BCUT2D eigenvalue weighted by Gasteiger charge is -2.16. The van der Waals surface area contributed by atoms with Gasteiger partial charge in [-0.1, -0.05) is 36.9 Å². The van der Waals surface area contributed by atoms with Crippen LogP contribution in [0.1, 0.15) is 24.5 Å². The highest BCUT2D eigenvalue weighted by Crippen LogP contribution is 2.23. The normalized spacial score (nSPS) is 18.1. The molecule has 0 spiro atoms. The largest absolute Gasteiger partial charge is 0.494 e. The maximum absolute atomic E-state index is 12.2. The van der Waals surface area contributed by atoms with E-state index in [4.69, 9.17) is 24.7 Å². The number of aliphatic imine (C=N–C) groups is 1. The lowest BCUT2D eigenvalue weighted by molar-refractivity contribution is -0.147. The van der Waals surface area contributed by atoms with Gasteiger partial charge in [0.15, 0.2) is 0 Å². The minimum atomic E-state index is -0.791. The standard InChI is InChI=1S/C26H31N3O6/c1-4-13-33-25(30)23-15-22(16-29(23)3)35-21-8-6-7-19(14-21)24(27)28-26(31)34-17-18-9-11-20(12-10-18)32-5-2/h4,6-12,14,22-23H,1,5,13,15-17H2,2-3H3,(H2,27,28,31)/t22-,23+/m0/s1. The second-order valence-corrected chi connectivity index (χ2v) is 8.01. The summed E-state index contributed by atoms with van der Waals surface area (Å²) in [5.41, 5.74) is 7.35. The van der Waals surface area contributed by atoms with Gasteiger partial charge in [0.05, 0.1) is 6.61 Å². The number of likely N-dealkylation sites (N-methyl/N-ethyl adjacent to an activating group) is 1. The second-order valence-electron chi connectivity index (χ2n) is 8.01. The van der Waals surface area contributed by atoms with Gasteiger partial charge >= 0.3 is 12.1 Å². The molecule has 1 heterocycles. The molecule has 186 valence electrons. The predicted molar refractivity (Wildman–Crippen MR) is 132 cm³/mol. The fourth-order valence-corrected chi connectivity index (χ4v) is 3.66. The Kier molecular flexibility index (Phi) is 9.25. The number of amides is 1. The van der Waals surface area contributed by atoms with Gasteiger partial charge in [0.25, 0.3) is 0 Å². The Bertz CT molecular complexity index is 1050. The van der Waals surface area contributed by atoms with Gasteiger partial charge in [0, 0.05) is 18.5 Å². The molecule has 2 aromatic rings. The first-order valence-corrected chi connectivity index (χ1v) is 11.4. The van der Waals surface area contributed by atoms with Gasteiger partial charge < -0.3 is 24.7 Å². The van der Waals surface area contributed by atoms with Crippen molar-refractivity contribution >= 4 is 17.9 Å². The summed E-state index contributed by atoms with van der Waals surface area (Å²) in [7, 11) is 1.85. The van der Waals surface area contributed by atoms with Crippen molar-refractivity contribution < 1.29 is 28.5 Å². The van der Waals surface area contributed by atoms with Crippen LogP contribution in [0, 0.1) is 0 Å². The van der Waals surface area contributed by atoms with Gasteiger partial charge in [-0.25, -0.2) is 4.79 Å². The van der Waals surface area contributed by atoms with Gasteiger partial charge in [-0.3, -0.25) is 9.69 Å². The van der Waals surface area contributed by atoms with Crippen molar-refractivity contribution in [2.24, 2.45) is 10.7 Å². The Hall–Kier alpha value is -3.85. The minimum Gasteiger partial charge on any atom is -0.494 e. The quantitative estimate of drug-likeness (QED) is 0.238. The second kappa shape index (κ2) is 12.6. The number of nitrogens with zero attached hydrogens (tertiary/aromatic N) is 2. The first-order chi connectivity index (χ1) is 16.9. The highest BCUT2D eigenvalue weighted by Gasteiger charge is 2.36. The van der Waals surface area contributed by atoms with Crippen LogP contribution < -0.4 is 15.2 Å². The van der Waals surface area contributed by atoms with E-state index in [1.807, 2.05) is 43.1 Å². The Morgan fingerprint density at radius 3 is 2.66 bits per heavy atom. The molecule has 0 aromatic heterocycles. The molecule has 0 unspecified atom stereocenters. The van der Waals surface area contributed by atoms with Crippen molar-refractivity contribution in [1.29, 1.82) is 0 Å². The number of likely N-dealkylation sites (tertiary alicyclic amines) is 1. The molecule has 1 fully saturated rings. The average Bonchev–Trinajstić information content (AvgIpc) is 3.22. The third kappa shape index (κ3) is 7.58. The Morgan fingerprint density at radius 1 is 1.17 bits per heavy atom. The van der Waals surface area contributed by atoms with Crippen molar-refractivity contribution in [3.8, 4) is 11.5 Å². The first-order valence-electron chi connectivity index (χ1n) is 11.4. The molecule has 2 N–H and O–H groups in total. The number of carbonyl (C=O) groups excluding carboxylic acids is 2. The predicted octanol–water partition coefficient (Wildman–Crippen LogP) is 3.31. The monoisotopic (exact) mass is 481 g/mol. The van der Waals surface area contributed by atoms with Crippen LogP contribution in [0.3, 0.4) is 0 Å². The van der Waals surface area contributed by atoms with Crippen molar-refractivity contribution in [3.63, 3.8) is 0 Å². The molecular weight excluding hydrogens is 450 g/mol. The fourth-order valence-electron chi connectivity index (χ4n) is 3.66. The van der Waals surface area contributed by atoms with Crippen LogP contribution in [0.4, 0.5) is 4.79 Å². The number of nitrogens with two attached hydrogens (primary N) is 1. The summed E-state index contributed by atoms with van der Waals surface area (Å²) in [6.45, 7) is 6.86. The number of hydrogen-bond donors (Lipinski definition) is 1. The number of esters is 1. The molecule has 0 bridgehead atoms. The summed E-state index contributed by atoms with van der Waals surface area (Å²) >= 11 is 0. The van der Waals surface area contributed by atoms with Crippen molar-refractivity contribution in [1.82, 2.24) is 4.90 Å². The number of benzene rings is 2. The molecule has 0 aliphatic carbocycles. The molecule has 2 aromatic carbocycles. The number of rotatable bonds is 10. The van der Waals surface area contributed by atoms with Gasteiger partial charge in [0.2, 0.25) is 0 Å². The maximum atomic E-state index is 12.2. The number of ether oxygens (including phenoxy) is 4. The van der Waals surface area contributed by atoms with Crippen molar-refractivity contribution in [2.45, 2.75) is 32.1 Å². The van der Waals surface area contributed by atoms with E-state index in [9.17, 15) is 9.59 Å². The molecule has 0 radical (unpaired) electrons. The van der Waals surface area contributed by atoms with E-state index in [2.05, 4.69) is 11.6 Å². The number of amidine groups is 1. The highest BCUT2D eigenvalue weighted by atomic mass is 16.5. The SMILES string of the molecule is C=CCOC(=O)[C@H]1C[C@H](Oc2cccc(C(N)=NC(=O)OCc3ccc(OCC)cc3)c2)CN1C. The molecule has 1 saturated heterocycles. The zero-order chi connectivity index (χ0) is 25.2. The summed E-state index contributed by atoms with van der Waals surface area (Å²) in [4.78, 5) is 30.1. The molecule has 0 saturated carbocycles. The van der Waals surface area contributed by atoms with Crippen molar-refractivity contribution in [2.75, 3.05) is 26.8 Å². The van der Waals surface area contributed by atoms with Crippen LogP contribution in [0.5, 0.6) is 11.5 Å². The van der Waals surface area contributed by atoms with E-state index >= 15 is 0 Å².